The summed E-state index contributed by atoms with van der Waals surface area (Å²) in [5, 5.41) is 1.80. The molecule has 31 heavy (non-hydrogen) atoms. The lowest BCUT2D eigenvalue weighted by molar-refractivity contribution is 0.0505. The van der Waals surface area contributed by atoms with Gasteiger partial charge < -0.3 is 10.1 Å². The van der Waals surface area contributed by atoms with Crippen LogP contribution in [0.15, 0.2) is 35.1 Å². The number of carbonyl (C=O) groups excluding carboxylic acids is 1. The predicted octanol–water partition coefficient (Wildman–Crippen LogP) is 5.04. The molecule has 0 aliphatic rings. The van der Waals surface area contributed by atoms with E-state index in [0.29, 0.717) is 6.07 Å². The fraction of sp³-hybridized carbons (Fsp3) is 0.286. The summed E-state index contributed by atoms with van der Waals surface area (Å²) >= 11 is 5.98. The van der Waals surface area contributed by atoms with E-state index in [-0.39, 0.29) is 22.4 Å². The normalized spacial score (nSPS) is 12.6. The SMILES string of the molecule is C[C@H](NC(=O)OC(C)(C)C)c1nc2ccc(F)c(Cl)c2c(=O)n1-c1cc(F)cc(F)c1. The highest BCUT2D eigenvalue weighted by Crippen LogP contribution is 2.26. The standard InChI is InChI=1S/C21H19ClF3N3O3/c1-10(26-20(30)31-21(2,3)4)18-27-15-6-5-14(25)17(22)16(15)19(29)28(18)13-8-11(23)7-12(24)9-13/h5-10H,1-4H3,(H,26,30)/t10-/m0/s1. The van der Waals surface area contributed by atoms with Crippen LogP contribution in [0.2, 0.25) is 5.02 Å². The van der Waals surface area contributed by atoms with Gasteiger partial charge in [-0.25, -0.2) is 22.9 Å². The highest BCUT2D eigenvalue weighted by molar-refractivity contribution is 6.35. The van der Waals surface area contributed by atoms with Crippen molar-refractivity contribution in [3.63, 3.8) is 0 Å². The Hall–Kier alpha value is -3.07. The second-order valence-corrected chi connectivity index (χ2v) is 8.24. The number of halogens is 4. The van der Waals surface area contributed by atoms with Crippen molar-refractivity contribution in [3.8, 4) is 5.69 Å². The zero-order chi connectivity index (χ0) is 23.1. The lowest BCUT2D eigenvalue weighted by atomic mass is 10.2. The Labute approximate surface area is 180 Å². The molecular weight excluding hydrogens is 435 g/mol. The number of aromatic nitrogens is 2. The lowest BCUT2D eigenvalue weighted by Crippen LogP contribution is -2.37. The Kier molecular flexibility index (Phi) is 6.00. The summed E-state index contributed by atoms with van der Waals surface area (Å²) in [6.45, 7) is 6.53. The van der Waals surface area contributed by atoms with Gasteiger partial charge in [-0.3, -0.25) is 9.36 Å². The Morgan fingerprint density at radius 1 is 1.16 bits per heavy atom. The highest BCUT2D eigenvalue weighted by Gasteiger charge is 2.24. The van der Waals surface area contributed by atoms with Crippen molar-refractivity contribution in [2.24, 2.45) is 0 Å². The molecule has 0 fully saturated rings. The van der Waals surface area contributed by atoms with Gasteiger partial charge in [0, 0.05) is 6.07 Å². The monoisotopic (exact) mass is 453 g/mol. The third-order valence-corrected chi connectivity index (χ3v) is 4.55. The van der Waals surface area contributed by atoms with Crippen LogP contribution in [0.5, 0.6) is 0 Å². The second-order valence-electron chi connectivity index (χ2n) is 7.86. The molecule has 0 saturated heterocycles. The smallest absolute Gasteiger partial charge is 0.408 e. The molecule has 3 aromatic rings. The minimum Gasteiger partial charge on any atom is -0.444 e. The number of amides is 1. The van der Waals surface area contributed by atoms with E-state index in [4.69, 9.17) is 16.3 Å². The maximum Gasteiger partial charge on any atom is 0.408 e. The zero-order valence-electron chi connectivity index (χ0n) is 17.1. The number of nitrogens with zero attached hydrogens (tertiary/aromatic N) is 2. The van der Waals surface area contributed by atoms with Gasteiger partial charge in [-0.05, 0) is 52.0 Å². The predicted molar refractivity (Wildman–Crippen MR) is 110 cm³/mol. The van der Waals surface area contributed by atoms with Crippen molar-refractivity contribution in [1.29, 1.82) is 0 Å². The summed E-state index contributed by atoms with van der Waals surface area (Å²) in [5.74, 6) is -2.79. The first-order valence-electron chi connectivity index (χ1n) is 9.24. The molecule has 1 N–H and O–H groups in total. The fourth-order valence-electron chi connectivity index (χ4n) is 2.98. The van der Waals surface area contributed by atoms with Crippen LogP contribution in [0, 0.1) is 17.5 Å². The first-order chi connectivity index (χ1) is 14.4. The van der Waals surface area contributed by atoms with E-state index in [1.165, 1.54) is 13.0 Å². The number of alkyl carbamates (subject to hydrolysis) is 1. The van der Waals surface area contributed by atoms with Gasteiger partial charge in [0.1, 0.15) is 28.9 Å². The van der Waals surface area contributed by atoms with Crippen molar-refractivity contribution in [3.05, 3.63) is 69.0 Å². The molecule has 6 nitrogen and oxygen atoms in total. The van der Waals surface area contributed by atoms with Crippen molar-refractivity contribution < 1.29 is 22.7 Å². The molecule has 0 aliphatic heterocycles. The number of rotatable bonds is 3. The average Bonchev–Trinajstić information content (AvgIpc) is 2.61. The maximum atomic E-state index is 14.0. The molecule has 2 aromatic carbocycles. The molecule has 0 saturated carbocycles. The summed E-state index contributed by atoms with van der Waals surface area (Å²) in [4.78, 5) is 29.8. The van der Waals surface area contributed by atoms with E-state index in [9.17, 15) is 22.8 Å². The second kappa shape index (κ2) is 8.22. The fourth-order valence-corrected chi connectivity index (χ4v) is 3.22. The quantitative estimate of drug-likeness (QED) is 0.603. The van der Waals surface area contributed by atoms with Crippen LogP contribution in [-0.4, -0.2) is 21.2 Å². The zero-order valence-corrected chi connectivity index (χ0v) is 17.9. The lowest BCUT2D eigenvalue weighted by Gasteiger charge is -2.23. The first kappa shape index (κ1) is 22.6. The van der Waals surface area contributed by atoms with E-state index in [1.807, 2.05) is 0 Å². The van der Waals surface area contributed by atoms with Gasteiger partial charge in [0.15, 0.2) is 0 Å². The maximum absolute atomic E-state index is 14.0. The molecule has 1 amide bonds. The molecule has 0 bridgehead atoms. The molecule has 0 radical (unpaired) electrons. The number of hydrogen-bond donors (Lipinski definition) is 1. The summed E-state index contributed by atoms with van der Waals surface area (Å²) in [7, 11) is 0. The summed E-state index contributed by atoms with van der Waals surface area (Å²) in [6.07, 6.45) is -0.788. The van der Waals surface area contributed by atoms with Gasteiger partial charge in [-0.1, -0.05) is 11.6 Å². The third kappa shape index (κ3) is 4.82. The van der Waals surface area contributed by atoms with Crippen molar-refractivity contribution in [2.45, 2.75) is 39.3 Å². The molecule has 0 spiro atoms. The largest absolute Gasteiger partial charge is 0.444 e. The van der Waals surface area contributed by atoms with Gasteiger partial charge in [0.2, 0.25) is 0 Å². The average molecular weight is 454 g/mol. The molecule has 1 heterocycles. The van der Waals surface area contributed by atoms with Gasteiger partial charge >= 0.3 is 6.09 Å². The minimum atomic E-state index is -0.939. The summed E-state index contributed by atoms with van der Waals surface area (Å²) in [6, 6.07) is 3.82. The van der Waals surface area contributed by atoms with Crippen LogP contribution < -0.4 is 10.9 Å². The van der Waals surface area contributed by atoms with Gasteiger partial charge in [-0.2, -0.15) is 0 Å². The Balaban J connectivity index is 2.25. The number of benzene rings is 2. The summed E-state index contributed by atoms with van der Waals surface area (Å²) < 4.78 is 47.8. The van der Waals surface area contributed by atoms with Crippen molar-refractivity contribution in [2.75, 3.05) is 0 Å². The molecule has 0 aliphatic carbocycles. The van der Waals surface area contributed by atoms with Gasteiger partial charge in [-0.15, -0.1) is 0 Å². The number of hydrogen-bond acceptors (Lipinski definition) is 4. The topological polar surface area (TPSA) is 73.2 Å². The van der Waals surface area contributed by atoms with Crippen LogP contribution in [0.25, 0.3) is 16.6 Å². The molecular formula is C21H19ClF3N3O3. The van der Waals surface area contributed by atoms with Crippen molar-refractivity contribution in [1.82, 2.24) is 14.9 Å². The van der Waals surface area contributed by atoms with Crippen molar-refractivity contribution >= 4 is 28.6 Å². The Bertz CT molecular complexity index is 1220. The molecule has 164 valence electrons. The number of nitrogens with one attached hydrogen (secondary N) is 1. The van der Waals surface area contributed by atoms with Crippen LogP contribution in [-0.2, 0) is 4.74 Å². The van der Waals surface area contributed by atoms with E-state index >= 15 is 0 Å². The number of carbonyl (C=O) groups is 1. The molecule has 3 rings (SSSR count). The van der Waals surface area contributed by atoms with E-state index in [0.717, 1.165) is 22.8 Å². The van der Waals surface area contributed by atoms with E-state index in [2.05, 4.69) is 10.3 Å². The van der Waals surface area contributed by atoms with Gasteiger partial charge in [0.05, 0.1) is 27.7 Å². The van der Waals surface area contributed by atoms with Crippen LogP contribution in [0.4, 0.5) is 18.0 Å². The minimum absolute atomic E-state index is 0.0531. The Morgan fingerprint density at radius 3 is 2.35 bits per heavy atom. The van der Waals surface area contributed by atoms with E-state index < -0.39 is 45.8 Å². The van der Waals surface area contributed by atoms with Crippen LogP contribution >= 0.6 is 11.6 Å². The molecule has 10 heteroatoms. The summed E-state index contributed by atoms with van der Waals surface area (Å²) in [5.41, 5.74) is -1.79. The molecule has 0 unspecified atom stereocenters. The number of ether oxygens (including phenoxy) is 1. The van der Waals surface area contributed by atoms with E-state index in [1.54, 1.807) is 20.8 Å². The highest BCUT2D eigenvalue weighted by atomic mass is 35.5. The molecule has 1 atom stereocenters. The Morgan fingerprint density at radius 2 is 1.77 bits per heavy atom. The first-order valence-corrected chi connectivity index (χ1v) is 9.62. The van der Waals surface area contributed by atoms with Crippen LogP contribution in [0.1, 0.15) is 39.6 Å². The number of fused-ring (bicyclic) bond motifs is 1. The molecule has 1 aromatic heterocycles. The van der Waals surface area contributed by atoms with Gasteiger partial charge in [0.25, 0.3) is 5.56 Å². The third-order valence-electron chi connectivity index (χ3n) is 4.18. The van der Waals surface area contributed by atoms with Crippen LogP contribution in [0.3, 0.4) is 0 Å².